The molecule has 0 unspecified atom stereocenters. The van der Waals surface area contributed by atoms with Gasteiger partial charge >= 0.3 is 37.9 Å². The van der Waals surface area contributed by atoms with E-state index in [-0.39, 0.29) is 5.41 Å². The first kappa shape index (κ1) is 39.2. The summed E-state index contributed by atoms with van der Waals surface area (Å²) in [5, 5.41) is 5.48. The van der Waals surface area contributed by atoms with Gasteiger partial charge in [-0.05, 0) is 41.9 Å². The molecule has 244 valence electrons. The summed E-state index contributed by atoms with van der Waals surface area (Å²) in [5.41, 5.74) is 13.7. The SMILES string of the molecule is CC(C)c1cc2c(-c3ccc(C(C)(C)C)cc3)cccc2[cH-]1.C[Si]C.Cc1cc(C)cc(-c2ccc(C)c3[cH-]c(C)cc23)c1.[Cl][Zr+2][Cl]. The molecule has 0 aliphatic carbocycles. The van der Waals surface area contributed by atoms with E-state index in [2.05, 4.69) is 172 Å². The number of fused-ring (bicyclic) bond motifs is 2. The van der Waals surface area contributed by atoms with Gasteiger partial charge < -0.3 is 0 Å². The predicted octanol–water partition coefficient (Wildman–Crippen LogP) is 14.3. The van der Waals surface area contributed by atoms with E-state index in [0.717, 1.165) is 9.52 Å². The number of halogens is 2. The van der Waals surface area contributed by atoms with E-state index >= 15 is 0 Å². The molecule has 6 aromatic rings. The van der Waals surface area contributed by atoms with Crippen LogP contribution in [0.1, 0.15) is 73.9 Å². The Morgan fingerprint density at radius 2 is 1.26 bits per heavy atom. The van der Waals surface area contributed by atoms with Crippen molar-refractivity contribution in [1.29, 1.82) is 0 Å². The maximum absolute atomic E-state index is 4.93. The third-order valence-electron chi connectivity index (χ3n) is 8.28. The van der Waals surface area contributed by atoms with Gasteiger partial charge in [-0.2, -0.15) is 12.1 Å². The van der Waals surface area contributed by atoms with Gasteiger partial charge in [0, 0.05) is 9.52 Å². The van der Waals surface area contributed by atoms with Crippen LogP contribution in [0.25, 0.3) is 43.8 Å². The van der Waals surface area contributed by atoms with Gasteiger partial charge in [-0.25, -0.2) is 0 Å². The van der Waals surface area contributed by atoms with Crippen molar-refractivity contribution in [3.05, 3.63) is 130 Å². The number of hydrogen-bond donors (Lipinski definition) is 0. The Kier molecular flexibility index (Phi) is 15.0. The van der Waals surface area contributed by atoms with Gasteiger partial charge in [0.05, 0.1) is 0 Å². The molecule has 0 aromatic heterocycles. The molecular weight excluding hydrogens is 707 g/mol. The predicted molar refractivity (Wildman–Crippen MR) is 211 cm³/mol. The van der Waals surface area contributed by atoms with Crippen molar-refractivity contribution in [1.82, 2.24) is 0 Å². The molecule has 4 heteroatoms. The van der Waals surface area contributed by atoms with Gasteiger partial charge in [-0.15, -0.1) is 68.6 Å². The van der Waals surface area contributed by atoms with E-state index in [1.165, 1.54) is 77.2 Å². The molecule has 0 nitrogen and oxygen atoms in total. The van der Waals surface area contributed by atoms with Gasteiger partial charge in [0.1, 0.15) is 0 Å². The van der Waals surface area contributed by atoms with Crippen LogP contribution in [0.4, 0.5) is 0 Å². The fourth-order valence-corrected chi connectivity index (χ4v) is 5.96. The molecule has 47 heavy (non-hydrogen) atoms. The molecule has 0 amide bonds. The minimum absolute atomic E-state index is 0.204. The molecule has 2 radical (unpaired) electrons. The Bertz CT molecular complexity index is 1840. The summed E-state index contributed by atoms with van der Waals surface area (Å²) in [4.78, 5) is 0. The zero-order valence-electron chi connectivity index (χ0n) is 30.1. The number of aryl methyl sites for hydroxylation is 4. The van der Waals surface area contributed by atoms with Crippen LogP contribution in [0.15, 0.2) is 97.1 Å². The molecule has 0 saturated heterocycles. The van der Waals surface area contributed by atoms with E-state index in [1.54, 1.807) is 0 Å². The zero-order valence-corrected chi connectivity index (χ0v) is 35.0. The summed E-state index contributed by atoms with van der Waals surface area (Å²) in [6.45, 7) is 24.3. The monoisotopic (exact) mass is 754 g/mol. The zero-order chi connectivity index (χ0) is 34.9. The first-order chi connectivity index (χ1) is 22.2. The molecule has 0 saturated carbocycles. The molecule has 0 aliphatic heterocycles. The third-order valence-corrected chi connectivity index (χ3v) is 8.28. The van der Waals surface area contributed by atoms with Gasteiger partial charge in [-0.1, -0.05) is 138 Å². The van der Waals surface area contributed by atoms with E-state index in [4.69, 9.17) is 17.0 Å². The van der Waals surface area contributed by atoms with Crippen molar-refractivity contribution >= 4 is 48.1 Å². The molecular formula is C43H50Cl2SiZr. The normalized spacial score (nSPS) is 10.9. The Morgan fingerprint density at radius 1 is 0.681 bits per heavy atom. The number of hydrogen-bond acceptors (Lipinski definition) is 0. The molecule has 0 fully saturated rings. The van der Waals surface area contributed by atoms with Crippen molar-refractivity contribution in [2.45, 2.75) is 86.7 Å². The molecule has 6 aromatic carbocycles. The van der Waals surface area contributed by atoms with Gasteiger partial charge in [-0.3, -0.25) is 0 Å². The Hall–Kier alpha value is -2.22. The third kappa shape index (κ3) is 10.6. The van der Waals surface area contributed by atoms with Crippen molar-refractivity contribution in [3.63, 3.8) is 0 Å². The average molecular weight is 757 g/mol. The maximum atomic E-state index is 4.93. The van der Waals surface area contributed by atoms with Crippen molar-refractivity contribution in [2.24, 2.45) is 0 Å². The van der Waals surface area contributed by atoms with Gasteiger partial charge in [0.2, 0.25) is 0 Å². The summed E-state index contributed by atoms with van der Waals surface area (Å²) >= 11 is -0.826. The fourth-order valence-electron chi connectivity index (χ4n) is 5.96. The molecule has 0 atom stereocenters. The first-order valence-electron chi connectivity index (χ1n) is 16.3. The van der Waals surface area contributed by atoms with Crippen LogP contribution in [0.5, 0.6) is 0 Å². The van der Waals surface area contributed by atoms with Gasteiger partial charge in [0.25, 0.3) is 0 Å². The molecule has 6 rings (SSSR count). The Labute approximate surface area is 306 Å². The second kappa shape index (κ2) is 18.0. The second-order valence-corrected chi connectivity index (χ2v) is 18.5. The minimum atomic E-state index is -0.826. The topological polar surface area (TPSA) is 0 Å². The van der Waals surface area contributed by atoms with Crippen molar-refractivity contribution in [2.75, 3.05) is 0 Å². The Morgan fingerprint density at radius 3 is 1.81 bits per heavy atom. The van der Waals surface area contributed by atoms with Crippen LogP contribution in [0, 0.1) is 27.7 Å². The van der Waals surface area contributed by atoms with Crippen LogP contribution in [-0.2, 0) is 26.3 Å². The summed E-state index contributed by atoms with van der Waals surface area (Å²) in [6.07, 6.45) is 0. The van der Waals surface area contributed by atoms with Crippen molar-refractivity contribution < 1.29 is 20.8 Å². The Balaban J connectivity index is 0.000000221. The molecule has 0 heterocycles. The van der Waals surface area contributed by atoms with E-state index in [1.807, 2.05) is 0 Å². The molecule has 0 bridgehead atoms. The van der Waals surface area contributed by atoms with E-state index < -0.39 is 20.8 Å². The summed E-state index contributed by atoms with van der Waals surface area (Å²) in [5.74, 6) is 0.573. The number of rotatable bonds is 3. The second-order valence-electron chi connectivity index (χ2n) is 13.8. The molecule has 0 spiro atoms. The van der Waals surface area contributed by atoms with E-state index in [9.17, 15) is 0 Å². The van der Waals surface area contributed by atoms with Crippen LogP contribution in [-0.4, -0.2) is 9.52 Å². The average Bonchev–Trinajstić information content (AvgIpc) is 3.62. The standard InChI is InChI=1S/C22H25.C19H19.C2H6Si.2ClH.Zr/c1-15(2)18-13-17-7-6-8-20(21(17)14-18)16-9-11-19(12-10-16)22(3,4)5;1-12-7-13(2)9-16(8-12)17-6-5-15(4)18-10-14(3)11-19(17)18;1-3-2;;;/h6-15H,1-5H3;5-11H,1-4H3;1-2H3;2*1H;/q2*-1;;;;+4/p-2. The molecule has 0 aliphatic rings. The van der Waals surface area contributed by atoms with E-state index in [0.29, 0.717) is 5.92 Å². The van der Waals surface area contributed by atoms with Crippen LogP contribution in [0.2, 0.25) is 13.1 Å². The summed E-state index contributed by atoms with van der Waals surface area (Å²) < 4.78 is 0. The quantitative estimate of drug-likeness (QED) is 0.125. The van der Waals surface area contributed by atoms with Gasteiger partial charge in [0.15, 0.2) is 0 Å². The van der Waals surface area contributed by atoms with Crippen LogP contribution < -0.4 is 0 Å². The summed E-state index contributed by atoms with van der Waals surface area (Å²) in [6, 6.07) is 36.2. The fraction of sp³-hybridized carbons (Fsp3) is 0.302. The first-order valence-corrected chi connectivity index (χ1v) is 24.7. The van der Waals surface area contributed by atoms with Crippen LogP contribution in [0.3, 0.4) is 0 Å². The van der Waals surface area contributed by atoms with Crippen molar-refractivity contribution in [3.8, 4) is 22.3 Å². The number of benzene rings is 4. The van der Waals surface area contributed by atoms with Crippen LogP contribution >= 0.6 is 17.0 Å². The molecule has 0 N–H and O–H groups in total. The summed E-state index contributed by atoms with van der Waals surface area (Å²) in [7, 11) is 11.0.